The molecule has 2 aromatic rings. The van der Waals surface area contributed by atoms with E-state index in [4.69, 9.17) is 9.47 Å². The van der Waals surface area contributed by atoms with Gasteiger partial charge in [0.15, 0.2) is 11.5 Å². The minimum Gasteiger partial charge on any atom is -0.507 e. The van der Waals surface area contributed by atoms with Crippen molar-refractivity contribution in [1.29, 1.82) is 0 Å². The molecule has 0 fully saturated rings. The molecule has 32 heavy (non-hydrogen) atoms. The van der Waals surface area contributed by atoms with Gasteiger partial charge in [-0.25, -0.2) is 9.99 Å². The number of carbonyl (C=O) groups excluding carboxylic acids is 2. The molecule has 2 N–H and O–H groups in total. The van der Waals surface area contributed by atoms with Crippen LogP contribution < -0.4 is 14.9 Å². The third kappa shape index (κ3) is 6.72. The Morgan fingerprint density at radius 2 is 1.69 bits per heavy atom. The molecule has 1 aromatic heterocycles. The number of aromatic nitrogens is 1. The zero-order valence-electron chi connectivity index (χ0n) is 19.1. The summed E-state index contributed by atoms with van der Waals surface area (Å²) in [7, 11) is 2.87. The number of carbonyl (C=O) groups is 2. The van der Waals surface area contributed by atoms with Crippen molar-refractivity contribution in [3.8, 4) is 17.2 Å². The van der Waals surface area contributed by atoms with Gasteiger partial charge in [0.05, 0.1) is 31.8 Å². The summed E-state index contributed by atoms with van der Waals surface area (Å²) in [4.78, 5) is 32.1. The molecule has 178 valence electrons. The molecule has 1 aromatic carbocycles. The number of ether oxygens (including phenoxy) is 2. The molecule has 0 atom stereocenters. The molecule has 0 saturated carbocycles. The number of methoxy groups -OCH3 is 2. The highest BCUT2D eigenvalue weighted by Crippen LogP contribution is 2.34. The summed E-state index contributed by atoms with van der Waals surface area (Å²) in [5.74, 6) is -0.773. The van der Waals surface area contributed by atoms with Crippen molar-refractivity contribution in [3.05, 3.63) is 34.3 Å². The first-order chi connectivity index (χ1) is 14.7. The molecule has 0 aliphatic heterocycles. The van der Waals surface area contributed by atoms with E-state index in [0.29, 0.717) is 18.0 Å². The summed E-state index contributed by atoms with van der Waals surface area (Å²) in [6, 6.07) is 3.20. The summed E-state index contributed by atoms with van der Waals surface area (Å²) in [5, 5.41) is 13.2. The van der Waals surface area contributed by atoms with E-state index in [1.54, 1.807) is 10.9 Å². The Morgan fingerprint density at radius 3 is 2.19 bits per heavy atom. The van der Waals surface area contributed by atoms with E-state index < -0.39 is 11.8 Å². The molecule has 0 aliphatic carbocycles. The zero-order chi connectivity index (χ0) is 23.1. The third-order valence-electron chi connectivity index (χ3n) is 4.79. The minimum absolute atomic E-state index is 0. The van der Waals surface area contributed by atoms with Crippen LogP contribution in [-0.2, 0) is 0 Å². The molecule has 1 heterocycles. The van der Waals surface area contributed by atoms with Gasteiger partial charge in [0.1, 0.15) is 11.4 Å². The summed E-state index contributed by atoms with van der Waals surface area (Å²) >= 11 is 1.28. The number of phenols is 1. The number of amides is 2. The van der Waals surface area contributed by atoms with Crippen LogP contribution in [0.5, 0.6) is 17.2 Å². The average Bonchev–Trinajstić information content (AvgIpc) is 3.26. The Morgan fingerprint density at radius 1 is 1.09 bits per heavy atom. The summed E-state index contributed by atoms with van der Waals surface area (Å²) in [5.41, 5.74) is 4.36. The van der Waals surface area contributed by atoms with E-state index >= 15 is 0 Å². The number of hydrazine groups is 1. The van der Waals surface area contributed by atoms with Crippen molar-refractivity contribution < 1.29 is 24.2 Å². The Bertz CT molecular complexity index is 885. The lowest BCUT2D eigenvalue weighted by Gasteiger charge is -2.33. The monoisotopic (exact) mass is 486 g/mol. The van der Waals surface area contributed by atoms with E-state index in [0.717, 1.165) is 0 Å². The van der Waals surface area contributed by atoms with Crippen molar-refractivity contribution in [3.63, 3.8) is 0 Å². The van der Waals surface area contributed by atoms with Crippen LogP contribution in [0.15, 0.2) is 23.0 Å². The van der Waals surface area contributed by atoms with E-state index in [1.807, 2.05) is 0 Å². The largest absolute Gasteiger partial charge is 0.507 e. The van der Waals surface area contributed by atoms with Gasteiger partial charge < -0.3 is 14.6 Å². The number of nitrogens with zero attached hydrogens (tertiary/aromatic N) is 3. The molecule has 0 radical (unpaired) electrons. The van der Waals surface area contributed by atoms with Crippen molar-refractivity contribution in [2.45, 2.75) is 39.8 Å². The van der Waals surface area contributed by atoms with Crippen LogP contribution in [0.4, 0.5) is 0 Å². The maximum Gasteiger partial charge on any atom is 0.289 e. The van der Waals surface area contributed by atoms with Crippen molar-refractivity contribution in [1.82, 2.24) is 20.3 Å². The molecule has 2 amide bonds. The second kappa shape index (κ2) is 12.5. The van der Waals surface area contributed by atoms with E-state index in [2.05, 4.69) is 43.0 Å². The van der Waals surface area contributed by atoms with Gasteiger partial charge in [0.25, 0.3) is 11.8 Å². The number of halogens is 1. The molecule has 2 rings (SSSR count). The number of thiazole rings is 1. The molecular weight excluding hydrogens is 456 g/mol. The fourth-order valence-corrected chi connectivity index (χ4v) is 3.76. The van der Waals surface area contributed by atoms with Crippen LogP contribution >= 0.6 is 23.7 Å². The first-order valence-corrected chi connectivity index (χ1v) is 10.9. The van der Waals surface area contributed by atoms with Crippen molar-refractivity contribution >= 4 is 35.6 Å². The van der Waals surface area contributed by atoms with Crippen LogP contribution in [0.25, 0.3) is 0 Å². The Labute approximate surface area is 198 Å². The molecule has 0 bridgehead atoms. The van der Waals surface area contributed by atoms with Gasteiger partial charge in [-0.05, 0) is 27.7 Å². The molecule has 0 aliphatic rings. The molecular formula is C21H31ClN4O5S. The van der Waals surface area contributed by atoms with E-state index in [9.17, 15) is 14.7 Å². The first-order valence-electron chi connectivity index (χ1n) is 9.91. The van der Waals surface area contributed by atoms with Gasteiger partial charge in [-0.15, -0.1) is 23.7 Å². The Hall–Kier alpha value is -2.56. The van der Waals surface area contributed by atoms with Crippen LogP contribution in [0.2, 0.25) is 0 Å². The lowest BCUT2D eigenvalue weighted by atomic mass is 10.1. The smallest absolute Gasteiger partial charge is 0.289 e. The molecule has 9 nitrogen and oxygen atoms in total. The normalized spacial score (nSPS) is 10.8. The fraction of sp³-hybridized carbons (Fsp3) is 0.476. The van der Waals surface area contributed by atoms with Crippen LogP contribution in [-0.4, -0.2) is 71.2 Å². The van der Waals surface area contributed by atoms with Crippen molar-refractivity contribution in [2.24, 2.45) is 0 Å². The maximum absolute atomic E-state index is 13.3. The highest BCUT2D eigenvalue weighted by atomic mass is 35.5. The number of hydrogen-bond acceptors (Lipinski definition) is 8. The Balaban J connectivity index is 0.00000512. The van der Waals surface area contributed by atoms with Crippen LogP contribution in [0.3, 0.4) is 0 Å². The zero-order valence-corrected chi connectivity index (χ0v) is 20.7. The molecule has 0 saturated heterocycles. The molecule has 11 heteroatoms. The average molecular weight is 487 g/mol. The predicted molar refractivity (Wildman–Crippen MR) is 126 cm³/mol. The topological polar surface area (TPSA) is 104 Å². The second-order valence-corrected chi connectivity index (χ2v) is 8.14. The van der Waals surface area contributed by atoms with Gasteiger partial charge in [0, 0.05) is 36.1 Å². The number of nitrogens with one attached hydrogen (secondary N) is 1. The Kier molecular flexibility index (Phi) is 10.7. The summed E-state index contributed by atoms with van der Waals surface area (Å²) in [6.07, 6.45) is 0. The number of hydrogen-bond donors (Lipinski definition) is 2. The second-order valence-electron chi connectivity index (χ2n) is 7.42. The lowest BCUT2D eigenvalue weighted by molar-refractivity contribution is 0.0527. The standard InChI is InChI=1S/C21H30N4O5S.ClH/c1-13(2)24(14(3)4)7-8-25(23-20(27)16-11-31-12-22-16)21(28)15-9-18(29-5)19(30-6)10-17(15)26;/h9-14,26H,7-8H2,1-6H3,(H,23,27);1H. The quantitative estimate of drug-likeness (QED) is 0.524. The van der Waals surface area contributed by atoms with E-state index in [-0.39, 0.29) is 48.0 Å². The van der Waals surface area contributed by atoms with Gasteiger partial charge in [-0.3, -0.25) is 19.9 Å². The summed E-state index contributed by atoms with van der Waals surface area (Å²) in [6.45, 7) is 9.01. The van der Waals surface area contributed by atoms with Crippen molar-refractivity contribution in [2.75, 3.05) is 27.3 Å². The fourth-order valence-electron chi connectivity index (χ4n) is 3.23. The number of rotatable bonds is 9. The lowest BCUT2D eigenvalue weighted by Crippen LogP contribution is -2.51. The van der Waals surface area contributed by atoms with Gasteiger partial charge in [-0.1, -0.05) is 0 Å². The van der Waals surface area contributed by atoms with Gasteiger partial charge in [-0.2, -0.15) is 0 Å². The highest BCUT2D eigenvalue weighted by molar-refractivity contribution is 7.07. The van der Waals surface area contributed by atoms with Gasteiger partial charge in [0.2, 0.25) is 0 Å². The van der Waals surface area contributed by atoms with E-state index in [1.165, 1.54) is 42.7 Å². The highest BCUT2D eigenvalue weighted by Gasteiger charge is 2.26. The third-order valence-corrected chi connectivity index (χ3v) is 5.37. The predicted octanol–water partition coefficient (Wildman–Crippen LogP) is 3.19. The van der Waals surface area contributed by atoms with Crippen LogP contribution in [0, 0.1) is 0 Å². The van der Waals surface area contributed by atoms with Gasteiger partial charge >= 0.3 is 0 Å². The SMILES string of the molecule is COc1cc(O)c(C(=O)N(CCN(C(C)C)C(C)C)NC(=O)c2cscn2)cc1OC.Cl. The number of benzene rings is 1. The maximum atomic E-state index is 13.3. The number of aromatic hydroxyl groups is 1. The summed E-state index contributed by atoms with van der Waals surface area (Å²) < 4.78 is 10.4. The minimum atomic E-state index is -0.575. The first kappa shape index (κ1) is 27.5. The van der Waals surface area contributed by atoms with Crippen LogP contribution in [0.1, 0.15) is 48.5 Å². The number of phenolic OH excluding ortho intramolecular Hbond substituents is 1. The molecule has 0 spiro atoms. The molecule has 0 unspecified atom stereocenters.